The average Bonchev–Trinajstić information content (AvgIpc) is 3.32. The van der Waals surface area contributed by atoms with Crippen LogP contribution < -0.4 is 10.6 Å². The van der Waals surface area contributed by atoms with E-state index >= 15 is 0 Å². The summed E-state index contributed by atoms with van der Waals surface area (Å²) in [5.41, 5.74) is 4.73. The van der Waals surface area contributed by atoms with Crippen molar-refractivity contribution in [3.8, 4) is 11.3 Å². The lowest BCUT2D eigenvalue weighted by Crippen LogP contribution is -2.25. The molecule has 2 N–H and O–H groups in total. The number of benzene rings is 2. The first-order valence-corrected chi connectivity index (χ1v) is 9.26. The largest absolute Gasteiger partial charge is 0.349 e. The van der Waals surface area contributed by atoms with Crippen LogP contribution in [0.5, 0.6) is 0 Å². The highest BCUT2D eigenvalue weighted by atomic mass is 32.1. The zero-order chi connectivity index (χ0) is 17.2. The quantitative estimate of drug-likeness (QED) is 0.698. The summed E-state index contributed by atoms with van der Waals surface area (Å²) in [5, 5.41) is 9.24. The molecule has 0 atom stereocenters. The van der Waals surface area contributed by atoms with E-state index in [1.807, 2.05) is 60.8 Å². The van der Waals surface area contributed by atoms with Gasteiger partial charge >= 0.3 is 0 Å². The van der Waals surface area contributed by atoms with Gasteiger partial charge in [0.05, 0.1) is 5.69 Å². The molecule has 0 saturated heterocycles. The molecule has 1 aliphatic rings. The van der Waals surface area contributed by atoms with Gasteiger partial charge in [-0.05, 0) is 37.5 Å². The second-order valence-electron chi connectivity index (χ2n) is 6.31. The van der Waals surface area contributed by atoms with Gasteiger partial charge < -0.3 is 10.6 Å². The maximum absolute atomic E-state index is 12.2. The van der Waals surface area contributed by atoms with Crippen molar-refractivity contribution in [2.45, 2.75) is 25.8 Å². The Bertz CT molecular complexity index is 900. The van der Waals surface area contributed by atoms with Crippen LogP contribution in [0.3, 0.4) is 0 Å². The Labute approximate surface area is 150 Å². The predicted octanol–water partition coefficient (Wildman–Crippen LogP) is 4.75. The maximum Gasteiger partial charge on any atom is 0.251 e. The lowest BCUT2D eigenvalue weighted by atomic mass is 10.1. The first-order chi connectivity index (χ1) is 12.2. The van der Waals surface area contributed by atoms with Crippen molar-refractivity contribution < 1.29 is 4.79 Å². The van der Waals surface area contributed by atoms with Crippen LogP contribution in [-0.2, 0) is 0 Å². The number of nitrogens with zero attached hydrogens (tertiary/aromatic N) is 1. The van der Waals surface area contributed by atoms with Gasteiger partial charge in [0.15, 0.2) is 5.13 Å². The van der Waals surface area contributed by atoms with Crippen molar-refractivity contribution in [1.29, 1.82) is 0 Å². The Hall–Kier alpha value is -2.66. The molecular weight excluding hydrogens is 330 g/mol. The highest BCUT2D eigenvalue weighted by molar-refractivity contribution is 7.14. The number of aryl methyl sites for hydroxylation is 1. The van der Waals surface area contributed by atoms with E-state index in [1.54, 1.807) is 11.3 Å². The van der Waals surface area contributed by atoms with Gasteiger partial charge in [-0.3, -0.25) is 4.79 Å². The zero-order valence-electron chi connectivity index (χ0n) is 14.0. The molecule has 126 valence electrons. The zero-order valence-corrected chi connectivity index (χ0v) is 14.8. The van der Waals surface area contributed by atoms with E-state index in [2.05, 4.69) is 15.6 Å². The van der Waals surface area contributed by atoms with Gasteiger partial charge in [0.2, 0.25) is 0 Å². The van der Waals surface area contributed by atoms with Gasteiger partial charge in [0, 0.05) is 28.2 Å². The van der Waals surface area contributed by atoms with Gasteiger partial charge in [-0.15, -0.1) is 11.3 Å². The van der Waals surface area contributed by atoms with E-state index in [9.17, 15) is 4.79 Å². The van der Waals surface area contributed by atoms with E-state index in [-0.39, 0.29) is 5.91 Å². The number of anilines is 2. The van der Waals surface area contributed by atoms with Crippen LogP contribution in [0.15, 0.2) is 53.9 Å². The Morgan fingerprint density at radius 2 is 1.96 bits per heavy atom. The summed E-state index contributed by atoms with van der Waals surface area (Å²) in [5.74, 6) is -0.00494. The van der Waals surface area contributed by atoms with Crippen LogP contribution in [0.4, 0.5) is 10.8 Å². The third-order valence-electron chi connectivity index (χ3n) is 4.23. The number of nitrogens with one attached hydrogen (secondary N) is 2. The number of aromatic nitrogens is 1. The van der Waals surface area contributed by atoms with E-state index in [0.717, 1.165) is 40.5 Å². The third-order valence-corrected chi connectivity index (χ3v) is 4.99. The van der Waals surface area contributed by atoms with Crippen molar-refractivity contribution in [3.63, 3.8) is 0 Å². The SMILES string of the molecule is Cc1ccc(C(=O)NC2CC2)cc1Nc1nc(-c2ccccc2)cs1. The molecule has 4 rings (SSSR count). The smallest absolute Gasteiger partial charge is 0.251 e. The van der Waals surface area contributed by atoms with Crippen molar-refractivity contribution in [2.75, 3.05) is 5.32 Å². The Kier molecular flexibility index (Phi) is 4.24. The lowest BCUT2D eigenvalue weighted by molar-refractivity contribution is 0.0951. The molecule has 5 heteroatoms. The standard InChI is InChI=1S/C20H19N3OS/c1-13-7-8-15(19(24)21-16-9-10-16)11-17(13)22-20-23-18(12-25-20)14-5-3-2-4-6-14/h2-8,11-12,16H,9-10H2,1H3,(H,21,24)(H,22,23). The topological polar surface area (TPSA) is 54.0 Å². The molecule has 3 aromatic rings. The molecule has 0 spiro atoms. The Morgan fingerprint density at radius 1 is 1.16 bits per heavy atom. The molecule has 1 aromatic heterocycles. The number of amides is 1. The monoisotopic (exact) mass is 349 g/mol. The van der Waals surface area contributed by atoms with Crippen molar-refractivity contribution in [1.82, 2.24) is 10.3 Å². The fourth-order valence-electron chi connectivity index (χ4n) is 2.58. The summed E-state index contributed by atoms with van der Waals surface area (Å²) in [6, 6.07) is 16.2. The number of hydrogen-bond donors (Lipinski definition) is 2. The van der Waals surface area contributed by atoms with E-state index in [1.165, 1.54) is 0 Å². The molecule has 0 bridgehead atoms. The highest BCUT2D eigenvalue weighted by Crippen LogP contribution is 2.29. The van der Waals surface area contributed by atoms with Crippen LogP contribution >= 0.6 is 11.3 Å². The Morgan fingerprint density at radius 3 is 2.72 bits per heavy atom. The molecule has 2 aromatic carbocycles. The van der Waals surface area contributed by atoms with Gasteiger partial charge in [-0.25, -0.2) is 4.98 Å². The molecule has 4 nitrogen and oxygen atoms in total. The number of rotatable bonds is 5. The van der Waals surface area contributed by atoms with Crippen LogP contribution in [0.25, 0.3) is 11.3 Å². The fourth-order valence-corrected chi connectivity index (χ4v) is 3.31. The molecule has 25 heavy (non-hydrogen) atoms. The number of hydrogen-bond acceptors (Lipinski definition) is 4. The molecule has 1 fully saturated rings. The molecule has 1 saturated carbocycles. The average molecular weight is 349 g/mol. The molecule has 1 amide bonds. The van der Waals surface area contributed by atoms with Crippen molar-refractivity contribution in [3.05, 3.63) is 65.0 Å². The second-order valence-corrected chi connectivity index (χ2v) is 7.16. The first-order valence-electron chi connectivity index (χ1n) is 8.38. The summed E-state index contributed by atoms with van der Waals surface area (Å²) < 4.78 is 0. The molecule has 1 heterocycles. The number of carbonyl (C=O) groups is 1. The number of thiazole rings is 1. The number of carbonyl (C=O) groups excluding carboxylic acids is 1. The maximum atomic E-state index is 12.2. The second kappa shape index (κ2) is 6.69. The minimum absolute atomic E-state index is 0.00494. The van der Waals surface area contributed by atoms with Gasteiger partial charge in [-0.2, -0.15) is 0 Å². The highest BCUT2D eigenvalue weighted by Gasteiger charge is 2.24. The summed E-state index contributed by atoms with van der Waals surface area (Å²) in [4.78, 5) is 16.9. The van der Waals surface area contributed by atoms with Crippen LogP contribution in [-0.4, -0.2) is 16.9 Å². The Balaban J connectivity index is 1.54. The minimum atomic E-state index is -0.00494. The van der Waals surface area contributed by atoms with Gasteiger partial charge in [-0.1, -0.05) is 36.4 Å². The molecule has 0 aliphatic heterocycles. The van der Waals surface area contributed by atoms with Gasteiger partial charge in [0.1, 0.15) is 0 Å². The summed E-state index contributed by atoms with van der Waals surface area (Å²) >= 11 is 1.56. The van der Waals surface area contributed by atoms with Crippen molar-refractivity contribution in [2.24, 2.45) is 0 Å². The van der Waals surface area contributed by atoms with E-state index < -0.39 is 0 Å². The predicted molar refractivity (Wildman–Crippen MR) is 102 cm³/mol. The lowest BCUT2D eigenvalue weighted by Gasteiger charge is -2.10. The minimum Gasteiger partial charge on any atom is -0.349 e. The fraction of sp³-hybridized carbons (Fsp3) is 0.200. The van der Waals surface area contributed by atoms with Crippen LogP contribution in [0, 0.1) is 6.92 Å². The van der Waals surface area contributed by atoms with Gasteiger partial charge in [0.25, 0.3) is 5.91 Å². The first kappa shape index (κ1) is 15.8. The summed E-state index contributed by atoms with van der Waals surface area (Å²) in [6.45, 7) is 2.02. The van der Waals surface area contributed by atoms with Crippen LogP contribution in [0.2, 0.25) is 0 Å². The molecular formula is C20H19N3OS. The molecule has 0 unspecified atom stereocenters. The van der Waals surface area contributed by atoms with E-state index in [0.29, 0.717) is 11.6 Å². The summed E-state index contributed by atoms with van der Waals surface area (Å²) in [7, 11) is 0. The summed E-state index contributed by atoms with van der Waals surface area (Å²) in [6.07, 6.45) is 2.17. The van der Waals surface area contributed by atoms with E-state index in [4.69, 9.17) is 0 Å². The van der Waals surface area contributed by atoms with Crippen LogP contribution in [0.1, 0.15) is 28.8 Å². The molecule has 0 radical (unpaired) electrons. The molecule has 1 aliphatic carbocycles. The normalized spacial score (nSPS) is 13.5. The third kappa shape index (κ3) is 3.72. The van der Waals surface area contributed by atoms with Crippen molar-refractivity contribution >= 4 is 28.1 Å².